The van der Waals surface area contributed by atoms with Gasteiger partial charge in [-0.2, -0.15) is 0 Å². The Balaban J connectivity index is 4.62. The zero-order valence-electron chi connectivity index (χ0n) is 8.60. The van der Waals surface area contributed by atoms with Crippen LogP contribution < -0.4 is 0 Å². The van der Waals surface area contributed by atoms with Gasteiger partial charge in [0.1, 0.15) is 6.10 Å². The molecule has 0 heterocycles. The van der Waals surface area contributed by atoms with Crippen LogP contribution >= 0.6 is 0 Å². The third kappa shape index (κ3) is 4.20. The molecule has 0 radical (unpaired) electrons. The van der Waals surface area contributed by atoms with E-state index >= 15 is 0 Å². The smallest absolute Gasteiger partial charge is 0.112 e. The normalized spacial score (nSPS) is 11.9. The zero-order chi connectivity index (χ0) is 9.72. The van der Waals surface area contributed by atoms with Crippen molar-refractivity contribution in [3.63, 3.8) is 0 Å². The van der Waals surface area contributed by atoms with Gasteiger partial charge < -0.3 is 5.11 Å². The van der Waals surface area contributed by atoms with E-state index < -0.39 is 6.10 Å². The largest absolute Gasteiger partial charge is 0.381 e. The van der Waals surface area contributed by atoms with Gasteiger partial charge >= 0.3 is 0 Å². The van der Waals surface area contributed by atoms with E-state index in [1.54, 1.807) is 6.92 Å². The summed E-state index contributed by atoms with van der Waals surface area (Å²) >= 11 is 0. The van der Waals surface area contributed by atoms with Crippen molar-refractivity contribution in [1.29, 1.82) is 0 Å². The van der Waals surface area contributed by atoms with Crippen molar-refractivity contribution in [3.05, 3.63) is 11.1 Å². The molecule has 1 heteroatoms. The molecule has 1 nitrogen and oxygen atoms in total. The van der Waals surface area contributed by atoms with Crippen LogP contribution in [0, 0.1) is 17.8 Å². The van der Waals surface area contributed by atoms with Crippen molar-refractivity contribution in [2.24, 2.45) is 5.92 Å². The van der Waals surface area contributed by atoms with E-state index in [-0.39, 0.29) is 0 Å². The van der Waals surface area contributed by atoms with Crippen molar-refractivity contribution >= 4 is 0 Å². The van der Waals surface area contributed by atoms with E-state index in [1.165, 1.54) is 5.57 Å². The van der Waals surface area contributed by atoms with Crippen LogP contribution in [-0.2, 0) is 0 Å². The first-order valence-electron chi connectivity index (χ1n) is 4.32. The van der Waals surface area contributed by atoms with Crippen LogP contribution in [0.15, 0.2) is 11.1 Å². The molecule has 0 aromatic carbocycles. The second-order valence-electron chi connectivity index (χ2n) is 3.51. The van der Waals surface area contributed by atoms with Gasteiger partial charge in [0.15, 0.2) is 0 Å². The van der Waals surface area contributed by atoms with Crippen LogP contribution in [0.2, 0.25) is 0 Å². The van der Waals surface area contributed by atoms with Crippen molar-refractivity contribution in [2.75, 3.05) is 0 Å². The Morgan fingerprint density at radius 2 is 1.67 bits per heavy atom. The number of allylic oxidation sites excluding steroid dienone is 2. The molecule has 1 N–H and O–H groups in total. The number of hydrogen-bond acceptors (Lipinski definition) is 1. The van der Waals surface area contributed by atoms with Gasteiger partial charge in [-0.15, -0.1) is 0 Å². The molecule has 68 valence electrons. The first kappa shape index (κ1) is 11.3. The van der Waals surface area contributed by atoms with Gasteiger partial charge in [-0.1, -0.05) is 31.3 Å². The monoisotopic (exact) mass is 166 g/mol. The van der Waals surface area contributed by atoms with Gasteiger partial charge in [-0.25, -0.2) is 0 Å². The molecular weight excluding hydrogens is 148 g/mol. The van der Waals surface area contributed by atoms with Gasteiger partial charge in [0.25, 0.3) is 0 Å². The van der Waals surface area contributed by atoms with Crippen molar-refractivity contribution < 1.29 is 5.11 Å². The molecule has 0 aliphatic rings. The summed E-state index contributed by atoms with van der Waals surface area (Å²) in [6, 6.07) is 0. The molecule has 0 amide bonds. The SMILES string of the molecule is CC(C)=C(C#CC(C)O)C(C)C. The first-order valence-corrected chi connectivity index (χ1v) is 4.32. The third-order valence-electron chi connectivity index (χ3n) is 1.53. The van der Waals surface area contributed by atoms with Gasteiger partial charge in [-0.3, -0.25) is 0 Å². The van der Waals surface area contributed by atoms with E-state index in [1.807, 2.05) is 13.8 Å². The Kier molecular flexibility index (Phi) is 4.70. The van der Waals surface area contributed by atoms with Crippen LogP contribution in [-0.4, -0.2) is 11.2 Å². The minimum absolute atomic E-state index is 0.446. The Labute approximate surface area is 75.5 Å². The average Bonchev–Trinajstić information content (AvgIpc) is 1.84. The summed E-state index contributed by atoms with van der Waals surface area (Å²) in [5.41, 5.74) is 2.37. The van der Waals surface area contributed by atoms with E-state index in [0.29, 0.717) is 5.92 Å². The average molecular weight is 166 g/mol. The summed E-state index contributed by atoms with van der Waals surface area (Å²) in [6.07, 6.45) is -0.530. The highest BCUT2D eigenvalue weighted by Crippen LogP contribution is 2.12. The number of rotatable bonds is 1. The van der Waals surface area contributed by atoms with Crippen molar-refractivity contribution in [1.82, 2.24) is 0 Å². The highest BCUT2D eigenvalue weighted by atomic mass is 16.3. The fourth-order valence-electron chi connectivity index (χ4n) is 1.03. The lowest BCUT2D eigenvalue weighted by Crippen LogP contribution is -1.97. The van der Waals surface area contributed by atoms with Crippen LogP contribution in [0.3, 0.4) is 0 Å². The predicted octanol–water partition coefficient (Wildman–Crippen LogP) is 2.36. The van der Waals surface area contributed by atoms with Gasteiger partial charge in [0.2, 0.25) is 0 Å². The first-order chi connectivity index (χ1) is 5.45. The fraction of sp³-hybridized carbons (Fsp3) is 0.636. The molecule has 12 heavy (non-hydrogen) atoms. The standard InChI is InChI=1S/C11H18O/c1-8(2)11(9(3)4)7-6-10(5)12/h8,10,12H,1-5H3. The molecule has 0 aromatic rings. The van der Waals surface area contributed by atoms with E-state index in [2.05, 4.69) is 25.7 Å². The second kappa shape index (κ2) is 5.00. The molecule has 0 saturated heterocycles. The molecule has 0 saturated carbocycles. The Bertz CT molecular complexity index is 219. The number of hydrogen-bond donors (Lipinski definition) is 1. The molecule has 0 aliphatic carbocycles. The molecule has 0 aromatic heterocycles. The van der Waals surface area contributed by atoms with Crippen LogP contribution in [0.1, 0.15) is 34.6 Å². The summed E-state index contributed by atoms with van der Waals surface area (Å²) in [5, 5.41) is 8.97. The second-order valence-corrected chi connectivity index (χ2v) is 3.51. The number of aliphatic hydroxyl groups is 1. The van der Waals surface area contributed by atoms with Crippen LogP contribution in [0.25, 0.3) is 0 Å². The summed E-state index contributed by atoms with van der Waals surface area (Å²) in [7, 11) is 0. The van der Waals surface area contributed by atoms with Crippen LogP contribution in [0.5, 0.6) is 0 Å². The lowest BCUT2D eigenvalue weighted by molar-refractivity contribution is 0.253. The minimum Gasteiger partial charge on any atom is -0.381 e. The quantitative estimate of drug-likeness (QED) is 0.593. The van der Waals surface area contributed by atoms with E-state index in [0.717, 1.165) is 5.57 Å². The van der Waals surface area contributed by atoms with E-state index in [9.17, 15) is 0 Å². The molecule has 1 atom stereocenters. The van der Waals surface area contributed by atoms with Gasteiger partial charge in [0, 0.05) is 5.57 Å². The minimum atomic E-state index is -0.530. The van der Waals surface area contributed by atoms with Crippen molar-refractivity contribution in [2.45, 2.75) is 40.7 Å². The highest BCUT2D eigenvalue weighted by Gasteiger charge is 2.00. The third-order valence-corrected chi connectivity index (χ3v) is 1.53. The molecule has 1 unspecified atom stereocenters. The Morgan fingerprint density at radius 3 is 1.92 bits per heavy atom. The molecule has 0 fully saturated rings. The lowest BCUT2D eigenvalue weighted by Gasteiger charge is -2.05. The maximum atomic E-state index is 8.97. The fourth-order valence-corrected chi connectivity index (χ4v) is 1.03. The Hall–Kier alpha value is -0.740. The molecule has 0 aliphatic heterocycles. The molecule has 0 bridgehead atoms. The maximum absolute atomic E-state index is 8.97. The molecular formula is C11H18O. The summed E-state index contributed by atoms with van der Waals surface area (Å²) in [4.78, 5) is 0. The molecule has 0 rings (SSSR count). The summed E-state index contributed by atoms with van der Waals surface area (Å²) in [5.74, 6) is 6.20. The van der Waals surface area contributed by atoms with Gasteiger partial charge in [0.05, 0.1) is 0 Å². The summed E-state index contributed by atoms with van der Waals surface area (Å²) in [6.45, 7) is 9.99. The van der Waals surface area contributed by atoms with E-state index in [4.69, 9.17) is 5.11 Å². The highest BCUT2D eigenvalue weighted by molar-refractivity contribution is 5.34. The van der Waals surface area contributed by atoms with Crippen LogP contribution in [0.4, 0.5) is 0 Å². The Morgan fingerprint density at radius 1 is 1.17 bits per heavy atom. The number of aliphatic hydroxyl groups excluding tert-OH is 1. The predicted molar refractivity (Wildman–Crippen MR) is 52.7 cm³/mol. The lowest BCUT2D eigenvalue weighted by atomic mass is 9.99. The van der Waals surface area contributed by atoms with Gasteiger partial charge in [-0.05, 0) is 26.7 Å². The molecule has 0 spiro atoms. The maximum Gasteiger partial charge on any atom is 0.112 e. The van der Waals surface area contributed by atoms with Crippen molar-refractivity contribution in [3.8, 4) is 11.8 Å². The topological polar surface area (TPSA) is 20.2 Å². The summed E-state index contributed by atoms with van der Waals surface area (Å²) < 4.78 is 0. The zero-order valence-corrected chi connectivity index (χ0v) is 8.60.